The molecule has 4 heteroatoms. The van der Waals surface area contributed by atoms with E-state index in [1.807, 2.05) is 17.1 Å². The summed E-state index contributed by atoms with van der Waals surface area (Å²) in [5.74, 6) is 0. The third kappa shape index (κ3) is 2.47. The molecule has 2 heterocycles. The van der Waals surface area contributed by atoms with Crippen molar-refractivity contribution in [3.63, 3.8) is 0 Å². The lowest BCUT2D eigenvalue weighted by atomic mass is 10.1. The molecule has 19 heavy (non-hydrogen) atoms. The number of H-pyrrole nitrogens is 1. The number of rotatable bonds is 4. The van der Waals surface area contributed by atoms with Gasteiger partial charge in [-0.15, -0.1) is 0 Å². The van der Waals surface area contributed by atoms with Crippen LogP contribution >= 0.6 is 0 Å². The molecule has 0 radical (unpaired) electrons. The number of fused-ring (bicyclic) bond motifs is 1. The van der Waals surface area contributed by atoms with Crippen LogP contribution in [0, 0.1) is 6.92 Å². The fourth-order valence-electron chi connectivity index (χ4n) is 2.38. The van der Waals surface area contributed by atoms with Crippen LogP contribution < -0.4 is 5.73 Å². The van der Waals surface area contributed by atoms with Gasteiger partial charge in [-0.05, 0) is 43.0 Å². The highest BCUT2D eigenvalue weighted by molar-refractivity contribution is 5.91. The minimum Gasteiger partial charge on any atom is -0.397 e. The Kier molecular flexibility index (Phi) is 2.99. The number of nitrogens with two attached hydrogens (primary N) is 1. The fraction of sp³-hybridized carbons (Fsp3) is 0.267. The van der Waals surface area contributed by atoms with Gasteiger partial charge in [0.1, 0.15) is 0 Å². The maximum atomic E-state index is 5.92. The van der Waals surface area contributed by atoms with Gasteiger partial charge in [-0.2, -0.15) is 5.10 Å². The minimum atomic E-state index is 0.819. The molecule has 0 unspecified atom stereocenters. The Labute approximate surface area is 112 Å². The van der Waals surface area contributed by atoms with Gasteiger partial charge < -0.3 is 10.7 Å². The lowest BCUT2D eigenvalue weighted by molar-refractivity contribution is 0.578. The molecule has 3 N–H and O–H groups in total. The normalized spacial score (nSPS) is 11.2. The average molecular weight is 254 g/mol. The van der Waals surface area contributed by atoms with Crippen LogP contribution in [-0.4, -0.2) is 14.8 Å². The van der Waals surface area contributed by atoms with Crippen LogP contribution in [0.25, 0.3) is 10.9 Å². The average Bonchev–Trinajstić information content (AvgIpc) is 2.97. The van der Waals surface area contributed by atoms with E-state index in [9.17, 15) is 0 Å². The summed E-state index contributed by atoms with van der Waals surface area (Å²) in [4.78, 5) is 3.16. The third-order valence-corrected chi connectivity index (χ3v) is 3.39. The van der Waals surface area contributed by atoms with Crippen LogP contribution in [0.3, 0.4) is 0 Å². The van der Waals surface area contributed by atoms with E-state index in [1.165, 1.54) is 11.1 Å². The van der Waals surface area contributed by atoms with Crippen molar-refractivity contribution in [3.05, 3.63) is 47.9 Å². The Morgan fingerprint density at radius 2 is 2.26 bits per heavy atom. The number of nitrogen functional groups attached to an aromatic ring is 1. The Morgan fingerprint density at radius 3 is 3.05 bits per heavy atom. The molecular weight excluding hydrogens is 236 g/mol. The molecule has 0 amide bonds. The Morgan fingerprint density at radius 1 is 1.37 bits per heavy atom. The van der Waals surface area contributed by atoms with Gasteiger partial charge in [0.05, 0.1) is 11.9 Å². The van der Waals surface area contributed by atoms with E-state index in [-0.39, 0.29) is 0 Å². The first-order chi connectivity index (χ1) is 9.22. The van der Waals surface area contributed by atoms with Crippen molar-refractivity contribution in [3.8, 4) is 0 Å². The molecule has 0 spiro atoms. The number of nitrogens with zero attached hydrogens (tertiary/aromatic N) is 2. The molecule has 98 valence electrons. The van der Waals surface area contributed by atoms with E-state index in [2.05, 4.69) is 41.4 Å². The van der Waals surface area contributed by atoms with Crippen LogP contribution in [-0.2, 0) is 13.0 Å². The van der Waals surface area contributed by atoms with E-state index >= 15 is 0 Å². The van der Waals surface area contributed by atoms with Crippen molar-refractivity contribution in [2.45, 2.75) is 26.3 Å². The lowest BCUT2D eigenvalue weighted by Gasteiger charge is -2.03. The Balaban J connectivity index is 1.66. The van der Waals surface area contributed by atoms with Crippen molar-refractivity contribution >= 4 is 16.6 Å². The second kappa shape index (κ2) is 4.80. The molecule has 0 saturated heterocycles. The number of benzene rings is 1. The summed E-state index contributed by atoms with van der Waals surface area (Å²) in [6.45, 7) is 3.01. The summed E-state index contributed by atoms with van der Waals surface area (Å²) >= 11 is 0. The second-order valence-corrected chi connectivity index (χ2v) is 5.01. The molecule has 1 aromatic carbocycles. The number of hydrogen-bond acceptors (Lipinski definition) is 2. The molecule has 0 atom stereocenters. The summed E-state index contributed by atoms with van der Waals surface area (Å²) < 4.78 is 2.00. The largest absolute Gasteiger partial charge is 0.397 e. The zero-order valence-electron chi connectivity index (χ0n) is 11.1. The number of nitrogens with one attached hydrogen (secondary N) is 1. The second-order valence-electron chi connectivity index (χ2n) is 5.01. The molecule has 0 fully saturated rings. The summed E-state index contributed by atoms with van der Waals surface area (Å²) in [7, 11) is 0. The molecule has 0 aliphatic heterocycles. The Hall–Kier alpha value is -2.23. The first-order valence-corrected chi connectivity index (χ1v) is 6.57. The van der Waals surface area contributed by atoms with E-state index in [1.54, 1.807) is 0 Å². The number of aryl methyl sites for hydroxylation is 3. The summed E-state index contributed by atoms with van der Waals surface area (Å²) in [6.07, 6.45) is 7.94. The van der Waals surface area contributed by atoms with Crippen LogP contribution in [0.5, 0.6) is 0 Å². The first kappa shape index (κ1) is 11.8. The molecule has 0 aliphatic carbocycles. The van der Waals surface area contributed by atoms with Crippen LogP contribution in [0.1, 0.15) is 17.5 Å². The maximum absolute atomic E-state index is 5.92. The van der Waals surface area contributed by atoms with Crippen LogP contribution in [0.2, 0.25) is 0 Å². The van der Waals surface area contributed by atoms with Crippen LogP contribution in [0.15, 0.2) is 36.8 Å². The van der Waals surface area contributed by atoms with E-state index < -0.39 is 0 Å². The topological polar surface area (TPSA) is 59.6 Å². The van der Waals surface area contributed by atoms with Crippen molar-refractivity contribution in [2.75, 3.05) is 5.73 Å². The molecule has 4 nitrogen and oxygen atoms in total. The fourth-order valence-corrected chi connectivity index (χ4v) is 2.38. The van der Waals surface area contributed by atoms with Gasteiger partial charge in [-0.1, -0.05) is 6.07 Å². The molecule has 3 aromatic rings. The van der Waals surface area contributed by atoms with Crippen molar-refractivity contribution in [2.24, 2.45) is 0 Å². The zero-order chi connectivity index (χ0) is 13.2. The Bertz CT molecular complexity index is 693. The monoisotopic (exact) mass is 254 g/mol. The quantitative estimate of drug-likeness (QED) is 0.752. The van der Waals surface area contributed by atoms with E-state index in [0.717, 1.165) is 36.0 Å². The SMILES string of the molecule is Cc1cnn(CCCc2ccc3[nH]cc(N)c3c2)c1. The van der Waals surface area contributed by atoms with Gasteiger partial charge in [0.25, 0.3) is 0 Å². The highest BCUT2D eigenvalue weighted by atomic mass is 15.3. The molecule has 0 saturated carbocycles. The van der Waals surface area contributed by atoms with Gasteiger partial charge in [0.2, 0.25) is 0 Å². The van der Waals surface area contributed by atoms with Gasteiger partial charge in [-0.3, -0.25) is 4.68 Å². The van der Waals surface area contributed by atoms with Crippen LogP contribution in [0.4, 0.5) is 5.69 Å². The summed E-state index contributed by atoms with van der Waals surface area (Å²) in [5, 5.41) is 5.41. The summed E-state index contributed by atoms with van der Waals surface area (Å²) in [5.41, 5.74) is 10.4. The molecule has 3 rings (SSSR count). The van der Waals surface area contributed by atoms with Gasteiger partial charge in [-0.25, -0.2) is 0 Å². The minimum absolute atomic E-state index is 0.819. The molecule has 0 bridgehead atoms. The van der Waals surface area contributed by atoms with Gasteiger partial charge in [0, 0.05) is 29.8 Å². The smallest absolute Gasteiger partial charge is 0.0571 e. The number of anilines is 1. The van der Waals surface area contributed by atoms with E-state index in [0.29, 0.717) is 0 Å². The highest BCUT2D eigenvalue weighted by Gasteiger charge is 2.02. The third-order valence-electron chi connectivity index (χ3n) is 3.39. The molecule has 2 aromatic heterocycles. The zero-order valence-corrected chi connectivity index (χ0v) is 11.1. The number of aromatic amines is 1. The number of hydrogen-bond donors (Lipinski definition) is 2. The molecular formula is C15H18N4. The standard InChI is InChI=1S/C15H18N4/c1-11-8-18-19(10-11)6-2-3-12-4-5-15-13(7-12)14(16)9-17-15/h4-5,7-10,17H,2-3,6,16H2,1H3. The van der Waals surface area contributed by atoms with Crippen molar-refractivity contribution in [1.29, 1.82) is 0 Å². The number of aromatic nitrogens is 3. The van der Waals surface area contributed by atoms with E-state index in [4.69, 9.17) is 5.73 Å². The predicted molar refractivity (Wildman–Crippen MR) is 78.0 cm³/mol. The first-order valence-electron chi connectivity index (χ1n) is 6.57. The maximum Gasteiger partial charge on any atom is 0.0571 e. The lowest BCUT2D eigenvalue weighted by Crippen LogP contribution is -1.99. The van der Waals surface area contributed by atoms with Crippen molar-refractivity contribution < 1.29 is 0 Å². The molecule has 0 aliphatic rings. The van der Waals surface area contributed by atoms with Gasteiger partial charge in [0.15, 0.2) is 0 Å². The summed E-state index contributed by atoms with van der Waals surface area (Å²) in [6, 6.07) is 6.43. The van der Waals surface area contributed by atoms with Crippen molar-refractivity contribution in [1.82, 2.24) is 14.8 Å². The highest BCUT2D eigenvalue weighted by Crippen LogP contribution is 2.22. The predicted octanol–water partition coefficient (Wildman–Crippen LogP) is 2.89. The van der Waals surface area contributed by atoms with Gasteiger partial charge >= 0.3 is 0 Å².